The molecular weight excluding hydrogens is 314 g/mol. The molecule has 5 nitrogen and oxygen atoms in total. The molecule has 1 unspecified atom stereocenters. The Balaban J connectivity index is 1.89. The van der Waals surface area contributed by atoms with E-state index >= 15 is 0 Å². The highest BCUT2D eigenvalue weighted by atomic mass is 16.5. The van der Waals surface area contributed by atoms with Gasteiger partial charge in [0.25, 0.3) is 0 Å². The van der Waals surface area contributed by atoms with Gasteiger partial charge in [0, 0.05) is 22.9 Å². The van der Waals surface area contributed by atoms with Gasteiger partial charge in [-0.15, -0.1) is 0 Å². The molecule has 0 spiro atoms. The molecule has 2 aromatic carbocycles. The van der Waals surface area contributed by atoms with E-state index in [4.69, 9.17) is 14.6 Å². The number of nitrogens with one attached hydrogen (secondary N) is 1. The van der Waals surface area contributed by atoms with Gasteiger partial charge in [-0.25, -0.2) is 4.68 Å². The van der Waals surface area contributed by atoms with E-state index in [2.05, 4.69) is 36.5 Å². The first-order valence-corrected chi connectivity index (χ1v) is 8.26. The number of methoxy groups -OCH3 is 2. The van der Waals surface area contributed by atoms with E-state index in [9.17, 15) is 0 Å². The Morgan fingerprint density at radius 3 is 2.60 bits per heavy atom. The van der Waals surface area contributed by atoms with Crippen molar-refractivity contribution in [2.75, 3.05) is 19.5 Å². The standard InChI is InChI=1S/C20H21N3O2/c1-12-5-8-17-16(9-12)18-10-13(2)22-23(18)20(21-17)15-7-6-14(24-3)11-19(15)25-4/h5-11,20-21H,1-4H3. The maximum absolute atomic E-state index is 5.61. The molecule has 1 N–H and O–H groups in total. The maximum atomic E-state index is 5.61. The number of fused-ring (bicyclic) bond motifs is 3. The fourth-order valence-corrected chi connectivity index (χ4v) is 3.37. The van der Waals surface area contributed by atoms with Crippen LogP contribution in [-0.2, 0) is 0 Å². The average molecular weight is 335 g/mol. The van der Waals surface area contributed by atoms with Crippen LogP contribution < -0.4 is 14.8 Å². The van der Waals surface area contributed by atoms with Gasteiger partial charge in [0.15, 0.2) is 6.17 Å². The summed E-state index contributed by atoms with van der Waals surface area (Å²) < 4.78 is 13.0. The van der Waals surface area contributed by atoms with Gasteiger partial charge in [-0.2, -0.15) is 5.10 Å². The van der Waals surface area contributed by atoms with Crippen LogP contribution in [0.3, 0.4) is 0 Å². The first kappa shape index (κ1) is 15.6. The summed E-state index contributed by atoms with van der Waals surface area (Å²) in [5.74, 6) is 1.54. The summed E-state index contributed by atoms with van der Waals surface area (Å²) in [6, 6.07) is 14.4. The summed E-state index contributed by atoms with van der Waals surface area (Å²) in [5.41, 5.74) is 6.61. The van der Waals surface area contributed by atoms with Crippen LogP contribution in [-0.4, -0.2) is 24.0 Å². The van der Waals surface area contributed by atoms with E-state index < -0.39 is 0 Å². The van der Waals surface area contributed by atoms with Crippen molar-refractivity contribution in [2.24, 2.45) is 0 Å². The molecule has 0 saturated heterocycles. The minimum atomic E-state index is -0.139. The number of aryl methyl sites for hydroxylation is 2. The number of hydrogen-bond donors (Lipinski definition) is 1. The van der Waals surface area contributed by atoms with Gasteiger partial charge in [0.05, 0.1) is 25.6 Å². The van der Waals surface area contributed by atoms with Crippen LogP contribution in [0.2, 0.25) is 0 Å². The summed E-state index contributed by atoms with van der Waals surface area (Å²) in [5, 5.41) is 8.32. The zero-order valence-electron chi connectivity index (χ0n) is 14.8. The van der Waals surface area contributed by atoms with Crippen LogP contribution in [0.25, 0.3) is 11.3 Å². The third-order valence-electron chi connectivity index (χ3n) is 4.58. The molecule has 0 saturated carbocycles. The predicted octanol–water partition coefficient (Wildman–Crippen LogP) is 4.16. The predicted molar refractivity (Wildman–Crippen MR) is 98.4 cm³/mol. The zero-order valence-corrected chi connectivity index (χ0v) is 14.8. The highest BCUT2D eigenvalue weighted by molar-refractivity contribution is 5.79. The van der Waals surface area contributed by atoms with Gasteiger partial charge in [-0.3, -0.25) is 0 Å². The molecule has 0 bridgehead atoms. The Morgan fingerprint density at radius 1 is 1.00 bits per heavy atom. The molecule has 0 fully saturated rings. The molecule has 5 heteroatoms. The van der Waals surface area contributed by atoms with Crippen LogP contribution in [0.5, 0.6) is 11.5 Å². The molecule has 0 aliphatic carbocycles. The van der Waals surface area contributed by atoms with Crippen LogP contribution in [0.1, 0.15) is 23.0 Å². The first-order valence-electron chi connectivity index (χ1n) is 8.26. The smallest absolute Gasteiger partial charge is 0.150 e. The van der Waals surface area contributed by atoms with E-state index in [-0.39, 0.29) is 6.17 Å². The zero-order chi connectivity index (χ0) is 17.6. The summed E-state index contributed by atoms with van der Waals surface area (Å²) in [6.07, 6.45) is -0.139. The molecule has 1 aliphatic rings. The number of hydrogen-bond acceptors (Lipinski definition) is 4. The van der Waals surface area contributed by atoms with Crippen LogP contribution in [0.4, 0.5) is 5.69 Å². The summed E-state index contributed by atoms with van der Waals surface area (Å²) in [4.78, 5) is 0. The summed E-state index contributed by atoms with van der Waals surface area (Å²) in [6.45, 7) is 4.12. The lowest BCUT2D eigenvalue weighted by atomic mass is 10.0. The number of nitrogens with zero attached hydrogens (tertiary/aromatic N) is 2. The molecule has 3 aromatic rings. The average Bonchev–Trinajstić information content (AvgIpc) is 3.02. The summed E-state index contributed by atoms with van der Waals surface area (Å²) >= 11 is 0. The lowest BCUT2D eigenvalue weighted by Gasteiger charge is -2.30. The number of rotatable bonds is 3. The van der Waals surface area contributed by atoms with Crippen LogP contribution in [0.15, 0.2) is 42.5 Å². The van der Waals surface area contributed by atoms with Gasteiger partial charge >= 0.3 is 0 Å². The minimum Gasteiger partial charge on any atom is -0.497 e. The van der Waals surface area contributed by atoms with Crippen molar-refractivity contribution in [2.45, 2.75) is 20.0 Å². The number of aromatic nitrogens is 2. The van der Waals surface area contributed by atoms with Crippen molar-refractivity contribution in [1.82, 2.24) is 9.78 Å². The third-order valence-corrected chi connectivity index (χ3v) is 4.58. The van der Waals surface area contributed by atoms with E-state index in [1.54, 1.807) is 14.2 Å². The molecule has 1 aromatic heterocycles. The Bertz CT molecular complexity index is 946. The minimum absolute atomic E-state index is 0.139. The lowest BCUT2D eigenvalue weighted by molar-refractivity contribution is 0.386. The Labute approximate surface area is 147 Å². The third kappa shape index (κ3) is 2.52. The Kier molecular flexibility index (Phi) is 3.64. The highest BCUT2D eigenvalue weighted by Gasteiger charge is 2.28. The molecule has 25 heavy (non-hydrogen) atoms. The molecule has 1 atom stereocenters. The van der Waals surface area contributed by atoms with Crippen molar-refractivity contribution in [1.29, 1.82) is 0 Å². The van der Waals surface area contributed by atoms with E-state index in [0.29, 0.717) is 0 Å². The van der Waals surface area contributed by atoms with Gasteiger partial charge in [-0.05, 0) is 44.2 Å². The van der Waals surface area contributed by atoms with E-state index in [1.165, 1.54) is 11.1 Å². The van der Waals surface area contributed by atoms with Gasteiger partial charge < -0.3 is 14.8 Å². The highest BCUT2D eigenvalue weighted by Crippen LogP contribution is 2.41. The van der Waals surface area contributed by atoms with Crippen molar-refractivity contribution < 1.29 is 9.47 Å². The van der Waals surface area contributed by atoms with E-state index in [0.717, 1.165) is 34.1 Å². The van der Waals surface area contributed by atoms with E-state index in [1.807, 2.05) is 29.8 Å². The largest absolute Gasteiger partial charge is 0.497 e. The van der Waals surface area contributed by atoms with Crippen molar-refractivity contribution in [3.05, 3.63) is 59.3 Å². The van der Waals surface area contributed by atoms with Crippen molar-refractivity contribution in [3.8, 4) is 22.8 Å². The van der Waals surface area contributed by atoms with Crippen LogP contribution >= 0.6 is 0 Å². The Hall–Kier alpha value is -2.95. The van der Waals surface area contributed by atoms with Gasteiger partial charge in [-0.1, -0.05) is 11.6 Å². The molecular formula is C20H21N3O2. The molecule has 4 rings (SSSR count). The topological polar surface area (TPSA) is 48.3 Å². The number of anilines is 1. The summed E-state index contributed by atoms with van der Waals surface area (Å²) in [7, 11) is 3.33. The monoisotopic (exact) mass is 335 g/mol. The van der Waals surface area contributed by atoms with Crippen LogP contribution in [0, 0.1) is 13.8 Å². The first-order chi connectivity index (χ1) is 12.1. The fourth-order valence-electron chi connectivity index (χ4n) is 3.37. The second-order valence-corrected chi connectivity index (χ2v) is 6.32. The van der Waals surface area contributed by atoms with Crippen molar-refractivity contribution >= 4 is 5.69 Å². The molecule has 1 aliphatic heterocycles. The Morgan fingerprint density at radius 2 is 1.84 bits per heavy atom. The molecule has 128 valence electrons. The number of ether oxygens (including phenoxy) is 2. The lowest BCUT2D eigenvalue weighted by Crippen LogP contribution is -2.26. The van der Waals surface area contributed by atoms with Gasteiger partial charge in [0.1, 0.15) is 11.5 Å². The second-order valence-electron chi connectivity index (χ2n) is 6.32. The SMILES string of the molecule is COc1ccc(C2Nc3ccc(C)cc3-c3cc(C)nn32)c(OC)c1. The normalized spacial score (nSPS) is 15.1. The quantitative estimate of drug-likeness (QED) is 0.781. The number of benzene rings is 2. The fraction of sp³-hybridized carbons (Fsp3) is 0.250. The molecule has 0 radical (unpaired) electrons. The second kappa shape index (κ2) is 5.84. The maximum Gasteiger partial charge on any atom is 0.150 e. The molecule has 2 heterocycles. The van der Waals surface area contributed by atoms with Crippen molar-refractivity contribution in [3.63, 3.8) is 0 Å². The van der Waals surface area contributed by atoms with Gasteiger partial charge in [0.2, 0.25) is 0 Å². The molecule has 0 amide bonds.